The number of carbonyl (C=O) groups is 2. The molecule has 142 valence electrons. The van der Waals surface area contributed by atoms with Gasteiger partial charge in [-0.3, -0.25) is 4.79 Å². The second-order valence-electron chi connectivity index (χ2n) is 6.55. The van der Waals surface area contributed by atoms with Gasteiger partial charge in [-0.2, -0.15) is 0 Å². The molecule has 1 aromatic heterocycles. The van der Waals surface area contributed by atoms with E-state index >= 15 is 0 Å². The van der Waals surface area contributed by atoms with Gasteiger partial charge in [-0.25, -0.2) is 9.78 Å². The molecule has 8 heteroatoms. The number of aryl methyl sites for hydroxylation is 1. The number of urea groups is 1. The van der Waals surface area contributed by atoms with Crippen molar-refractivity contribution in [1.82, 2.24) is 9.88 Å². The van der Waals surface area contributed by atoms with Crippen molar-refractivity contribution in [2.75, 3.05) is 23.7 Å². The first-order chi connectivity index (χ1) is 12.9. The molecule has 1 aromatic carbocycles. The number of nitrogens with one attached hydrogen (secondary N) is 2. The number of carbonyl (C=O) groups excluding carboxylic acids is 2. The zero-order valence-electron chi connectivity index (χ0n) is 14.8. The van der Waals surface area contributed by atoms with E-state index in [4.69, 9.17) is 23.2 Å². The molecule has 1 aliphatic heterocycles. The molecule has 2 heterocycles. The van der Waals surface area contributed by atoms with Crippen molar-refractivity contribution in [3.8, 4) is 0 Å². The molecule has 0 saturated carbocycles. The number of aromatic nitrogens is 1. The van der Waals surface area contributed by atoms with E-state index in [2.05, 4.69) is 15.6 Å². The van der Waals surface area contributed by atoms with Crippen LogP contribution in [-0.4, -0.2) is 34.9 Å². The third-order valence-electron chi connectivity index (χ3n) is 4.41. The third-order valence-corrected chi connectivity index (χ3v) is 5.15. The zero-order chi connectivity index (χ0) is 19.4. The molecule has 0 aliphatic carbocycles. The number of likely N-dealkylation sites (tertiary alicyclic amines) is 1. The van der Waals surface area contributed by atoms with Crippen molar-refractivity contribution in [3.05, 3.63) is 52.1 Å². The van der Waals surface area contributed by atoms with Crippen LogP contribution in [0.2, 0.25) is 10.0 Å². The number of nitrogens with zero attached hydrogens (tertiary/aromatic N) is 2. The molecule has 6 nitrogen and oxygen atoms in total. The maximum atomic E-state index is 12.5. The number of pyridine rings is 1. The lowest BCUT2D eigenvalue weighted by Crippen LogP contribution is -2.45. The lowest BCUT2D eigenvalue weighted by atomic mass is 9.97. The number of hydrogen-bond donors (Lipinski definition) is 2. The molecule has 1 fully saturated rings. The van der Waals surface area contributed by atoms with E-state index < -0.39 is 0 Å². The Morgan fingerprint density at radius 2 is 1.96 bits per heavy atom. The Labute approximate surface area is 167 Å². The smallest absolute Gasteiger partial charge is 0.321 e. The summed E-state index contributed by atoms with van der Waals surface area (Å²) in [6.45, 7) is 2.88. The van der Waals surface area contributed by atoms with Crippen LogP contribution in [0.4, 0.5) is 16.3 Å². The first kappa shape index (κ1) is 19.5. The molecule has 2 N–H and O–H groups in total. The number of piperidine rings is 1. The molecular weight excluding hydrogens is 387 g/mol. The fourth-order valence-corrected chi connectivity index (χ4v) is 3.22. The monoisotopic (exact) mass is 406 g/mol. The number of hydrogen-bond acceptors (Lipinski definition) is 3. The maximum absolute atomic E-state index is 12.5. The molecular formula is C19H20Cl2N4O2. The fraction of sp³-hybridized carbons (Fsp3) is 0.316. The second-order valence-corrected chi connectivity index (χ2v) is 7.37. The maximum Gasteiger partial charge on any atom is 0.321 e. The zero-order valence-corrected chi connectivity index (χ0v) is 16.3. The topological polar surface area (TPSA) is 74.3 Å². The molecule has 1 saturated heterocycles. The molecule has 0 spiro atoms. The Balaban J connectivity index is 1.59. The Morgan fingerprint density at radius 1 is 1.15 bits per heavy atom. The number of amides is 3. The van der Waals surface area contributed by atoms with Gasteiger partial charge in [0.1, 0.15) is 5.82 Å². The van der Waals surface area contributed by atoms with Crippen LogP contribution in [0.5, 0.6) is 0 Å². The second kappa shape index (κ2) is 8.59. The Hall–Kier alpha value is -2.31. The number of benzene rings is 1. The molecule has 1 aliphatic rings. The molecule has 3 amide bonds. The molecule has 3 rings (SSSR count). The summed E-state index contributed by atoms with van der Waals surface area (Å²) in [7, 11) is 0. The van der Waals surface area contributed by atoms with Gasteiger partial charge in [0.15, 0.2) is 0 Å². The van der Waals surface area contributed by atoms with Gasteiger partial charge in [-0.1, -0.05) is 29.3 Å². The van der Waals surface area contributed by atoms with Crippen molar-refractivity contribution in [3.63, 3.8) is 0 Å². The van der Waals surface area contributed by atoms with E-state index in [-0.39, 0.29) is 17.9 Å². The van der Waals surface area contributed by atoms with Gasteiger partial charge in [0.25, 0.3) is 0 Å². The average Bonchev–Trinajstić information content (AvgIpc) is 2.66. The van der Waals surface area contributed by atoms with Crippen LogP contribution < -0.4 is 10.6 Å². The van der Waals surface area contributed by atoms with Gasteiger partial charge in [0.2, 0.25) is 5.91 Å². The van der Waals surface area contributed by atoms with Crippen LogP contribution in [0.3, 0.4) is 0 Å². The van der Waals surface area contributed by atoms with Crippen LogP contribution in [0, 0.1) is 12.8 Å². The van der Waals surface area contributed by atoms with E-state index in [1.165, 1.54) is 0 Å². The van der Waals surface area contributed by atoms with E-state index in [1.54, 1.807) is 35.4 Å². The Morgan fingerprint density at radius 3 is 2.67 bits per heavy atom. The normalized spacial score (nSPS) is 16.7. The van der Waals surface area contributed by atoms with Crippen molar-refractivity contribution in [1.29, 1.82) is 0 Å². The predicted octanol–water partition coefficient (Wildman–Crippen LogP) is 4.58. The summed E-state index contributed by atoms with van der Waals surface area (Å²) in [6.07, 6.45) is 3.19. The first-order valence-electron chi connectivity index (χ1n) is 8.67. The highest BCUT2D eigenvalue weighted by atomic mass is 35.5. The SMILES string of the molecule is Cc1ccc(NC(=O)C2CCCN(C(=O)Nc3ccc(Cl)c(Cl)c3)C2)nc1. The molecule has 0 radical (unpaired) electrons. The number of halogens is 2. The van der Waals surface area contributed by atoms with Crippen molar-refractivity contribution in [2.45, 2.75) is 19.8 Å². The summed E-state index contributed by atoms with van der Waals surface area (Å²) < 4.78 is 0. The summed E-state index contributed by atoms with van der Waals surface area (Å²) in [6, 6.07) is 8.30. The minimum Gasteiger partial charge on any atom is -0.324 e. The Kier molecular flexibility index (Phi) is 6.19. The molecule has 0 bridgehead atoms. The summed E-state index contributed by atoms with van der Waals surface area (Å²) in [4.78, 5) is 30.9. The van der Waals surface area contributed by atoms with Crippen molar-refractivity contribution in [2.24, 2.45) is 5.92 Å². The summed E-state index contributed by atoms with van der Waals surface area (Å²) in [5.74, 6) is 0.114. The molecule has 27 heavy (non-hydrogen) atoms. The van der Waals surface area contributed by atoms with E-state index in [0.717, 1.165) is 18.4 Å². The quantitative estimate of drug-likeness (QED) is 0.782. The Bertz CT molecular complexity index is 842. The summed E-state index contributed by atoms with van der Waals surface area (Å²) in [5, 5.41) is 6.41. The standard InChI is InChI=1S/C19H20Cl2N4O2/c1-12-4-7-17(22-10-12)24-18(26)13-3-2-8-25(11-13)19(27)23-14-5-6-15(20)16(21)9-14/h4-7,9-10,13H,2-3,8,11H2,1H3,(H,23,27)(H,22,24,26). The summed E-state index contributed by atoms with van der Waals surface area (Å²) in [5.41, 5.74) is 1.58. The van der Waals surface area contributed by atoms with Gasteiger partial charge in [0, 0.05) is 25.0 Å². The van der Waals surface area contributed by atoms with E-state index in [9.17, 15) is 9.59 Å². The van der Waals surface area contributed by atoms with Gasteiger partial charge in [0.05, 0.1) is 16.0 Å². The minimum atomic E-state index is -0.276. The number of rotatable bonds is 3. The first-order valence-corrected chi connectivity index (χ1v) is 9.42. The molecule has 2 aromatic rings. The lowest BCUT2D eigenvalue weighted by Gasteiger charge is -2.32. The number of anilines is 2. The molecule has 1 unspecified atom stereocenters. The van der Waals surface area contributed by atoms with Crippen molar-refractivity contribution < 1.29 is 9.59 Å². The van der Waals surface area contributed by atoms with Crippen LogP contribution in [0.25, 0.3) is 0 Å². The fourth-order valence-electron chi connectivity index (χ4n) is 2.92. The average molecular weight is 407 g/mol. The minimum absolute atomic E-state index is 0.126. The van der Waals surface area contributed by atoms with Gasteiger partial charge in [-0.05, 0) is 49.6 Å². The van der Waals surface area contributed by atoms with E-state index in [0.29, 0.717) is 34.6 Å². The third kappa shape index (κ3) is 5.11. The van der Waals surface area contributed by atoms with Crippen LogP contribution in [-0.2, 0) is 4.79 Å². The van der Waals surface area contributed by atoms with Crippen LogP contribution >= 0.6 is 23.2 Å². The highest BCUT2D eigenvalue weighted by Gasteiger charge is 2.28. The van der Waals surface area contributed by atoms with Crippen molar-refractivity contribution >= 4 is 46.6 Å². The van der Waals surface area contributed by atoms with Crippen LogP contribution in [0.15, 0.2) is 36.5 Å². The van der Waals surface area contributed by atoms with Crippen LogP contribution in [0.1, 0.15) is 18.4 Å². The van der Waals surface area contributed by atoms with Gasteiger partial charge in [-0.15, -0.1) is 0 Å². The predicted molar refractivity (Wildman–Crippen MR) is 107 cm³/mol. The highest BCUT2D eigenvalue weighted by molar-refractivity contribution is 6.42. The van der Waals surface area contributed by atoms with Gasteiger partial charge < -0.3 is 15.5 Å². The van der Waals surface area contributed by atoms with Gasteiger partial charge >= 0.3 is 6.03 Å². The highest BCUT2D eigenvalue weighted by Crippen LogP contribution is 2.26. The van der Waals surface area contributed by atoms with E-state index in [1.807, 2.05) is 13.0 Å². The lowest BCUT2D eigenvalue weighted by molar-refractivity contribution is -0.121. The largest absolute Gasteiger partial charge is 0.324 e. The summed E-state index contributed by atoms with van der Waals surface area (Å²) >= 11 is 11.9. The molecule has 1 atom stereocenters.